The van der Waals surface area contributed by atoms with Crippen LogP contribution in [0, 0.1) is 0 Å². The van der Waals surface area contributed by atoms with Gasteiger partial charge in [0.2, 0.25) is 11.8 Å². The summed E-state index contributed by atoms with van der Waals surface area (Å²) in [5.74, 6) is 0.733. The summed E-state index contributed by atoms with van der Waals surface area (Å²) in [4.78, 5) is 35.0. The molecule has 0 unspecified atom stereocenters. The van der Waals surface area contributed by atoms with Crippen LogP contribution in [0.3, 0.4) is 0 Å². The van der Waals surface area contributed by atoms with Gasteiger partial charge in [0.1, 0.15) is 5.75 Å². The number of rotatable bonds is 10. The second-order valence-corrected chi connectivity index (χ2v) is 8.20. The summed E-state index contributed by atoms with van der Waals surface area (Å²) >= 11 is 2.92. The number of H-pyrrole nitrogens is 1. The molecule has 1 aromatic carbocycles. The second kappa shape index (κ2) is 10.3. The van der Waals surface area contributed by atoms with Crippen molar-refractivity contribution >= 4 is 45.9 Å². The molecule has 3 aromatic rings. The van der Waals surface area contributed by atoms with E-state index in [1.165, 1.54) is 11.8 Å². The number of thioether (sulfide) groups is 1. The van der Waals surface area contributed by atoms with Crippen molar-refractivity contribution in [2.45, 2.75) is 25.5 Å². The number of amides is 2. The Labute approximate surface area is 177 Å². The standard InChI is InChI=1S/C20H24N4O3S2/c1-3-24(12-18(25)21-11-15-6-5-9-28-15)19(26)13-29-20-22-16-8-7-14(27-4-2)10-17(16)23-20/h5-10H,3-4,11-13H2,1-2H3,(H,21,25)(H,22,23). The number of carbonyl (C=O) groups is 2. The monoisotopic (exact) mass is 432 g/mol. The number of hydrogen-bond acceptors (Lipinski definition) is 6. The van der Waals surface area contributed by atoms with Gasteiger partial charge in [0.05, 0.1) is 36.5 Å². The molecular formula is C20H24N4O3S2. The van der Waals surface area contributed by atoms with Crippen molar-refractivity contribution in [3.8, 4) is 5.75 Å². The van der Waals surface area contributed by atoms with E-state index in [-0.39, 0.29) is 24.1 Å². The molecule has 2 heterocycles. The van der Waals surface area contributed by atoms with Crippen LogP contribution in [0.5, 0.6) is 5.75 Å². The molecule has 7 nitrogen and oxygen atoms in total. The van der Waals surface area contributed by atoms with Gasteiger partial charge in [-0.1, -0.05) is 17.8 Å². The van der Waals surface area contributed by atoms with Crippen LogP contribution >= 0.6 is 23.1 Å². The fourth-order valence-electron chi connectivity index (χ4n) is 2.72. The van der Waals surface area contributed by atoms with Crippen LogP contribution in [0.25, 0.3) is 11.0 Å². The van der Waals surface area contributed by atoms with Crippen LogP contribution in [0.1, 0.15) is 18.7 Å². The average molecular weight is 433 g/mol. The zero-order valence-corrected chi connectivity index (χ0v) is 18.1. The van der Waals surface area contributed by atoms with Crippen molar-refractivity contribution < 1.29 is 14.3 Å². The molecule has 0 fully saturated rings. The normalized spacial score (nSPS) is 10.8. The second-order valence-electron chi connectivity index (χ2n) is 6.21. The molecule has 9 heteroatoms. The maximum Gasteiger partial charge on any atom is 0.239 e. The van der Waals surface area contributed by atoms with Gasteiger partial charge < -0.3 is 19.9 Å². The van der Waals surface area contributed by atoms with Crippen molar-refractivity contribution in [3.63, 3.8) is 0 Å². The van der Waals surface area contributed by atoms with Crippen molar-refractivity contribution in [3.05, 3.63) is 40.6 Å². The highest BCUT2D eigenvalue weighted by molar-refractivity contribution is 7.99. The van der Waals surface area contributed by atoms with Gasteiger partial charge in [0.25, 0.3) is 0 Å². The molecule has 2 aromatic heterocycles. The summed E-state index contributed by atoms with van der Waals surface area (Å²) in [6.07, 6.45) is 0. The number of nitrogens with one attached hydrogen (secondary N) is 2. The number of carbonyl (C=O) groups excluding carboxylic acids is 2. The van der Waals surface area contributed by atoms with Crippen LogP contribution in [-0.4, -0.2) is 52.1 Å². The first-order valence-electron chi connectivity index (χ1n) is 9.41. The van der Waals surface area contributed by atoms with Gasteiger partial charge in [0, 0.05) is 17.5 Å². The third-order valence-corrected chi connectivity index (χ3v) is 5.92. The Balaban J connectivity index is 1.51. The molecule has 0 spiro atoms. The van der Waals surface area contributed by atoms with Crippen molar-refractivity contribution in [1.29, 1.82) is 0 Å². The molecule has 2 N–H and O–H groups in total. The number of imidazole rings is 1. The topological polar surface area (TPSA) is 87.3 Å². The van der Waals surface area contributed by atoms with Gasteiger partial charge in [-0.3, -0.25) is 9.59 Å². The number of ether oxygens (including phenoxy) is 1. The molecule has 2 amide bonds. The van der Waals surface area contributed by atoms with Crippen molar-refractivity contribution in [1.82, 2.24) is 20.2 Å². The summed E-state index contributed by atoms with van der Waals surface area (Å²) in [6, 6.07) is 9.57. The van der Waals surface area contributed by atoms with Gasteiger partial charge in [-0.2, -0.15) is 0 Å². The maximum atomic E-state index is 12.5. The SMILES string of the molecule is CCOc1ccc2nc(SCC(=O)N(CC)CC(=O)NCc3cccs3)[nH]c2c1. The quantitative estimate of drug-likeness (QED) is 0.480. The molecule has 0 radical (unpaired) electrons. The number of thiophene rings is 1. The van der Waals surface area contributed by atoms with Gasteiger partial charge in [-0.15, -0.1) is 11.3 Å². The first kappa shape index (κ1) is 21.2. The molecule has 0 bridgehead atoms. The highest BCUT2D eigenvalue weighted by atomic mass is 32.2. The number of fused-ring (bicyclic) bond motifs is 1. The molecular weight excluding hydrogens is 408 g/mol. The third kappa shape index (κ3) is 5.98. The Morgan fingerprint density at radius 2 is 2.17 bits per heavy atom. The minimum absolute atomic E-state index is 0.0547. The van der Waals surface area contributed by atoms with E-state index in [0.29, 0.717) is 24.9 Å². The van der Waals surface area contributed by atoms with Crippen LogP contribution < -0.4 is 10.1 Å². The molecule has 154 valence electrons. The Morgan fingerprint density at radius 3 is 2.90 bits per heavy atom. The van der Waals surface area contributed by atoms with Crippen LogP contribution in [-0.2, 0) is 16.1 Å². The van der Waals surface area contributed by atoms with Crippen LogP contribution in [0.4, 0.5) is 0 Å². The lowest BCUT2D eigenvalue weighted by Gasteiger charge is -2.19. The van der Waals surface area contributed by atoms with Gasteiger partial charge >= 0.3 is 0 Å². The lowest BCUT2D eigenvalue weighted by molar-refractivity contribution is -0.133. The van der Waals surface area contributed by atoms with Crippen LogP contribution in [0.2, 0.25) is 0 Å². The average Bonchev–Trinajstić information content (AvgIpc) is 3.38. The Bertz CT molecular complexity index is 956. The highest BCUT2D eigenvalue weighted by Crippen LogP contribution is 2.23. The minimum Gasteiger partial charge on any atom is -0.494 e. The summed E-state index contributed by atoms with van der Waals surface area (Å²) in [5.41, 5.74) is 1.69. The van der Waals surface area contributed by atoms with Crippen molar-refractivity contribution in [2.75, 3.05) is 25.4 Å². The van der Waals surface area contributed by atoms with Crippen molar-refractivity contribution in [2.24, 2.45) is 0 Å². The van der Waals surface area contributed by atoms with E-state index in [1.54, 1.807) is 16.2 Å². The van der Waals surface area contributed by atoms with Crippen LogP contribution in [0.15, 0.2) is 40.9 Å². The third-order valence-electron chi connectivity index (χ3n) is 4.18. The molecule has 0 atom stereocenters. The summed E-state index contributed by atoms with van der Waals surface area (Å²) in [5, 5.41) is 5.49. The van der Waals surface area contributed by atoms with E-state index in [0.717, 1.165) is 21.7 Å². The first-order chi connectivity index (χ1) is 14.1. The van der Waals surface area contributed by atoms with Gasteiger partial charge in [-0.05, 0) is 37.4 Å². The molecule has 0 saturated carbocycles. The van der Waals surface area contributed by atoms with E-state index in [9.17, 15) is 9.59 Å². The highest BCUT2D eigenvalue weighted by Gasteiger charge is 2.17. The lowest BCUT2D eigenvalue weighted by Crippen LogP contribution is -2.41. The molecule has 0 aliphatic heterocycles. The zero-order valence-electron chi connectivity index (χ0n) is 16.4. The molecule has 0 saturated heterocycles. The Morgan fingerprint density at radius 1 is 1.31 bits per heavy atom. The van der Waals surface area contributed by atoms with E-state index in [4.69, 9.17) is 4.74 Å². The summed E-state index contributed by atoms with van der Waals surface area (Å²) < 4.78 is 5.50. The predicted octanol–water partition coefficient (Wildman–Crippen LogP) is 3.28. The van der Waals surface area contributed by atoms with E-state index >= 15 is 0 Å². The fraction of sp³-hybridized carbons (Fsp3) is 0.350. The molecule has 0 aliphatic carbocycles. The maximum absolute atomic E-state index is 12.5. The summed E-state index contributed by atoms with van der Waals surface area (Å²) in [6.45, 7) is 5.42. The fourth-order valence-corrected chi connectivity index (χ4v) is 4.15. The molecule has 3 rings (SSSR count). The number of hydrogen-bond donors (Lipinski definition) is 2. The number of likely N-dealkylation sites (N-methyl/N-ethyl adjacent to an activating group) is 1. The minimum atomic E-state index is -0.161. The van der Waals surface area contributed by atoms with E-state index in [2.05, 4.69) is 15.3 Å². The summed E-state index contributed by atoms with van der Waals surface area (Å²) in [7, 11) is 0. The predicted molar refractivity (Wildman–Crippen MR) is 116 cm³/mol. The number of aromatic amines is 1. The number of nitrogens with zero attached hydrogens (tertiary/aromatic N) is 2. The van der Waals surface area contributed by atoms with E-state index in [1.807, 2.05) is 49.6 Å². The zero-order chi connectivity index (χ0) is 20.6. The smallest absolute Gasteiger partial charge is 0.239 e. The number of aromatic nitrogens is 2. The van der Waals surface area contributed by atoms with E-state index < -0.39 is 0 Å². The van der Waals surface area contributed by atoms with Gasteiger partial charge in [0.15, 0.2) is 5.16 Å². The Hall–Kier alpha value is -2.52. The number of benzene rings is 1. The molecule has 29 heavy (non-hydrogen) atoms. The largest absolute Gasteiger partial charge is 0.494 e. The Kier molecular flexibility index (Phi) is 7.54. The molecule has 0 aliphatic rings. The van der Waals surface area contributed by atoms with Gasteiger partial charge in [-0.25, -0.2) is 4.98 Å². The lowest BCUT2D eigenvalue weighted by atomic mass is 10.3. The first-order valence-corrected chi connectivity index (χ1v) is 11.3.